The molecule has 1 N–H and O–H groups in total. The minimum Gasteiger partial charge on any atom is -0.497 e. The zero-order chi connectivity index (χ0) is 15.4. The van der Waals surface area contributed by atoms with Gasteiger partial charge in [0.25, 0.3) is 0 Å². The van der Waals surface area contributed by atoms with Crippen LogP contribution in [0.25, 0.3) is 11.3 Å². The number of thiophene rings is 1. The van der Waals surface area contributed by atoms with E-state index in [1.807, 2.05) is 29.6 Å². The highest BCUT2D eigenvalue weighted by Gasteiger charge is 2.04. The van der Waals surface area contributed by atoms with Gasteiger partial charge in [0.05, 0.1) is 23.9 Å². The molecular formula is C15H12FN3OS2. The fourth-order valence-corrected chi connectivity index (χ4v) is 3.04. The fraction of sp³-hybridized carbons (Fsp3) is 0.0667. The molecule has 0 amide bonds. The molecule has 0 fully saturated rings. The van der Waals surface area contributed by atoms with Crippen molar-refractivity contribution < 1.29 is 9.13 Å². The zero-order valence-corrected chi connectivity index (χ0v) is 13.2. The van der Waals surface area contributed by atoms with Gasteiger partial charge in [0.2, 0.25) is 5.13 Å². The number of hydrogen-bond acceptors (Lipinski definition) is 6. The molecule has 112 valence electrons. The Kier molecular flexibility index (Phi) is 4.45. The third kappa shape index (κ3) is 3.49. The number of rotatable bonds is 5. The quantitative estimate of drug-likeness (QED) is 0.554. The monoisotopic (exact) mass is 333 g/mol. The van der Waals surface area contributed by atoms with Crippen LogP contribution in [0.2, 0.25) is 0 Å². The highest BCUT2D eigenvalue weighted by atomic mass is 32.1. The third-order valence-corrected chi connectivity index (χ3v) is 4.39. The Morgan fingerprint density at radius 2 is 2.05 bits per heavy atom. The van der Waals surface area contributed by atoms with Crippen molar-refractivity contribution in [3.8, 4) is 17.0 Å². The van der Waals surface area contributed by atoms with Crippen molar-refractivity contribution >= 4 is 34.0 Å². The van der Waals surface area contributed by atoms with Gasteiger partial charge in [0, 0.05) is 10.9 Å². The van der Waals surface area contributed by atoms with Gasteiger partial charge in [-0.1, -0.05) is 0 Å². The van der Waals surface area contributed by atoms with E-state index < -0.39 is 0 Å². The molecule has 0 saturated carbocycles. The summed E-state index contributed by atoms with van der Waals surface area (Å²) in [6.45, 7) is 0. The molecule has 3 aromatic rings. The molecule has 7 heteroatoms. The molecule has 0 aliphatic heterocycles. The SMILES string of the molecule is COc1ccc(-c2csc(N/N=C\c3ccc(F)s3)n2)cc1. The van der Waals surface area contributed by atoms with Gasteiger partial charge < -0.3 is 4.74 Å². The van der Waals surface area contributed by atoms with Crippen LogP contribution >= 0.6 is 22.7 Å². The van der Waals surface area contributed by atoms with Crippen molar-refractivity contribution in [1.29, 1.82) is 0 Å². The van der Waals surface area contributed by atoms with Crippen LogP contribution in [-0.4, -0.2) is 18.3 Å². The molecule has 0 bridgehead atoms. The van der Waals surface area contributed by atoms with E-state index in [9.17, 15) is 4.39 Å². The number of benzene rings is 1. The van der Waals surface area contributed by atoms with Crippen molar-refractivity contribution in [3.05, 3.63) is 51.8 Å². The highest BCUT2D eigenvalue weighted by molar-refractivity contribution is 7.14. The predicted molar refractivity (Wildman–Crippen MR) is 89.6 cm³/mol. The molecule has 0 atom stereocenters. The Bertz CT molecular complexity index is 780. The largest absolute Gasteiger partial charge is 0.497 e. The first-order chi connectivity index (χ1) is 10.7. The van der Waals surface area contributed by atoms with Gasteiger partial charge in [-0.15, -0.1) is 22.7 Å². The standard InChI is InChI=1S/C15H12FN3OS2/c1-20-11-4-2-10(3-5-11)13-9-21-15(18-13)19-17-8-12-6-7-14(16)22-12/h2-9H,1H3,(H,18,19)/b17-8-. The molecule has 4 nitrogen and oxygen atoms in total. The van der Waals surface area contributed by atoms with E-state index in [1.54, 1.807) is 19.4 Å². The second kappa shape index (κ2) is 6.67. The highest BCUT2D eigenvalue weighted by Crippen LogP contribution is 2.26. The van der Waals surface area contributed by atoms with Crippen LogP contribution in [0, 0.1) is 5.13 Å². The second-order valence-corrected chi connectivity index (χ2v) is 6.20. The predicted octanol–water partition coefficient (Wildman–Crippen LogP) is 4.47. The average Bonchev–Trinajstić information content (AvgIpc) is 3.17. The van der Waals surface area contributed by atoms with E-state index in [1.165, 1.54) is 17.4 Å². The summed E-state index contributed by atoms with van der Waals surface area (Å²) in [5.41, 5.74) is 4.73. The number of anilines is 1. The molecule has 2 heterocycles. The van der Waals surface area contributed by atoms with Gasteiger partial charge in [-0.2, -0.15) is 9.49 Å². The van der Waals surface area contributed by atoms with Gasteiger partial charge in [0.1, 0.15) is 5.75 Å². The summed E-state index contributed by atoms with van der Waals surface area (Å²) >= 11 is 2.50. The molecule has 3 rings (SSSR count). The number of hydrogen-bond donors (Lipinski definition) is 1. The molecule has 0 aliphatic carbocycles. The lowest BCUT2D eigenvalue weighted by Gasteiger charge is -2.00. The van der Waals surface area contributed by atoms with Crippen molar-refractivity contribution in [2.75, 3.05) is 12.5 Å². The maximum atomic E-state index is 12.8. The molecule has 0 saturated heterocycles. The van der Waals surface area contributed by atoms with Gasteiger partial charge in [0.15, 0.2) is 5.13 Å². The first-order valence-corrected chi connectivity index (χ1v) is 8.08. The van der Waals surface area contributed by atoms with Crippen LogP contribution in [-0.2, 0) is 0 Å². The maximum absolute atomic E-state index is 12.8. The molecule has 1 aromatic carbocycles. The Labute approximate surface area is 134 Å². The summed E-state index contributed by atoms with van der Waals surface area (Å²) in [5, 5.41) is 6.46. The van der Waals surface area contributed by atoms with Crippen molar-refractivity contribution in [3.63, 3.8) is 0 Å². The van der Waals surface area contributed by atoms with Crippen molar-refractivity contribution in [2.24, 2.45) is 5.10 Å². The topological polar surface area (TPSA) is 46.5 Å². The van der Waals surface area contributed by atoms with E-state index in [2.05, 4.69) is 15.5 Å². The second-order valence-electron chi connectivity index (χ2n) is 4.28. The normalized spacial score (nSPS) is 11.0. The van der Waals surface area contributed by atoms with Gasteiger partial charge in [-0.25, -0.2) is 4.98 Å². The van der Waals surface area contributed by atoms with E-state index in [0.717, 1.165) is 33.2 Å². The number of methoxy groups -OCH3 is 1. The number of hydrazone groups is 1. The van der Waals surface area contributed by atoms with Gasteiger partial charge in [-0.05, 0) is 36.4 Å². The number of halogens is 1. The molecule has 0 unspecified atom stereocenters. The van der Waals surface area contributed by atoms with Crippen LogP contribution in [0.3, 0.4) is 0 Å². The van der Waals surface area contributed by atoms with Crippen molar-refractivity contribution in [1.82, 2.24) is 4.98 Å². The lowest BCUT2D eigenvalue weighted by Crippen LogP contribution is -1.88. The van der Waals surface area contributed by atoms with Crippen LogP contribution in [0.5, 0.6) is 5.75 Å². The van der Waals surface area contributed by atoms with Gasteiger partial charge >= 0.3 is 0 Å². The lowest BCUT2D eigenvalue weighted by molar-refractivity contribution is 0.415. The molecule has 22 heavy (non-hydrogen) atoms. The van der Waals surface area contributed by atoms with Crippen LogP contribution < -0.4 is 10.2 Å². The van der Waals surface area contributed by atoms with E-state index in [0.29, 0.717) is 5.13 Å². The third-order valence-electron chi connectivity index (χ3n) is 2.84. The number of nitrogens with one attached hydrogen (secondary N) is 1. The van der Waals surface area contributed by atoms with E-state index >= 15 is 0 Å². The summed E-state index contributed by atoms with van der Waals surface area (Å²) in [6.07, 6.45) is 1.57. The molecule has 0 aliphatic rings. The smallest absolute Gasteiger partial charge is 0.203 e. The number of aromatic nitrogens is 1. The summed E-state index contributed by atoms with van der Waals surface area (Å²) in [6, 6.07) is 10.8. The summed E-state index contributed by atoms with van der Waals surface area (Å²) in [7, 11) is 1.64. The minimum absolute atomic E-state index is 0.225. The molecule has 0 spiro atoms. The Morgan fingerprint density at radius 3 is 2.73 bits per heavy atom. The summed E-state index contributed by atoms with van der Waals surface area (Å²) < 4.78 is 18.0. The number of nitrogens with zero attached hydrogens (tertiary/aromatic N) is 2. The zero-order valence-electron chi connectivity index (χ0n) is 11.6. The molecular weight excluding hydrogens is 321 g/mol. The lowest BCUT2D eigenvalue weighted by atomic mass is 10.2. The number of ether oxygens (including phenoxy) is 1. The van der Waals surface area contributed by atoms with E-state index in [4.69, 9.17) is 4.74 Å². The van der Waals surface area contributed by atoms with E-state index in [-0.39, 0.29) is 5.13 Å². The molecule has 2 aromatic heterocycles. The van der Waals surface area contributed by atoms with Crippen LogP contribution in [0.1, 0.15) is 4.88 Å². The molecule has 0 radical (unpaired) electrons. The first kappa shape index (κ1) is 14.7. The Morgan fingerprint density at radius 1 is 1.23 bits per heavy atom. The Balaban J connectivity index is 1.66. The first-order valence-electron chi connectivity index (χ1n) is 6.39. The van der Waals surface area contributed by atoms with Gasteiger partial charge in [-0.3, -0.25) is 5.43 Å². The minimum atomic E-state index is -0.225. The summed E-state index contributed by atoms with van der Waals surface area (Å²) in [4.78, 5) is 5.20. The summed E-state index contributed by atoms with van der Waals surface area (Å²) in [5.74, 6) is 0.810. The maximum Gasteiger partial charge on any atom is 0.203 e. The number of thiazole rings is 1. The Hall–Kier alpha value is -2.25. The fourth-order valence-electron chi connectivity index (χ4n) is 1.77. The van der Waals surface area contributed by atoms with Crippen LogP contribution in [0.4, 0.5) is 9.52 Å². The average molecular weight is 333 g/mol. The van der Waals surface area contributed by atoms with Crippen molar-refractivity contribution in [2.45, 2.75) is 0 Å². The van der Waals surface area contributed by atoms with Crippen LogP contribution in [0.15, 0.2) is 46.9 Å².